The summed E-state index contributed by atoms with van der Waals surface area (Å²) in [6, 6.07) is 9.42. The van der Waals surface area contributed by atoms with Crippen LogP contribution in [-0.4, -0.2) is 11.5 Å². The first-order valence-electron chi connectivity index (χ1n) is 6.78. The highest BCUT2D eigenvalue weighted by atomic mass is 79.9. The Morgan fingerprint density at radius 1 is 1.25 bits per heavy atom. The highest BCUT2D eigenvalue weighted by Crippen LogP contribution is 2.23. The van der Waals surface area contributed by atoms with Crippen LogP contribution < -0.4 is 5.32 Å². The van der Waals surface area contributed by atoms with Crippen LogP contribution in [0.4, 0.5) is 4.39 Å². The first kappa shape index (κ1) is 15.1. The van der Waals surface area contributed by atoms with Gasteiger partial charge >= 0.3 is 0 Å². The van der Waals surface area contributed by atoms with Crippen molar-refractivity contribution in [2.24, 2.45) is 0 Å². The Kier molecular flexibility index (Phi) is 5.68. The smallest absolute Gasteiger partial charge is 0.137 e. The van der Waals surface area contributed by atoms with Crippen LogP contribution in [0.25, 0.3) is 0 Å². The van der Waals surface area contributed by atoms with Crippen molar-refractivity contribution >= 4 is 15.9 Å². The fourth-order valence-corrected chi connectivity index (χ4v) is 2.36. The number of aromatic nitrogens is 1. The molecular formula is C16H18BrFN2. The van der Waals surface area contributed by atoms with Gasteiger partial charge in [0.15, 0.2) is 0 Å². The Bertz CT molecular complexity index is 545. The first-order valence-corrected chi connectivity index (χ1v) is 7.57. The van der Waals surface area contributed by atoms with Gasteiger partial charge in [-0.15, -0.1) is 0 Å². The van der Waals surface area contributed by atoms with E-state index < -0.39 is 0 Å². The molecule has 0 radical (unpaired) electrons. The molecule has 0 saturated heterocycles. The van der Waals surface area contributed by atoms with Crippen LogP contribution in [0.3, 0.4) is 0 Å². The Hall–Kier alpha value is -1.26. The Labute approximate surface area is 127 Å². The number of pyridine rings is 1. The van der Waals surface area contributed by atoms with E-state index in [0.717, 1.165) is 24.9 Å². The van der Waals surface area contributed by atoms with Crippen molar-refractivity contribution in [3.63, 3.8) is 0 Å². The molecule has 1 atom stereocenters. The number of hydrogen-bond acceptors (Lipinski definition) is 2. The number of benzene rings is 1. The largest absolute Gasteiger partial charge is 0.310 e. The van der Waals surface area contributed by atoms with E-state index >= 15 is 0 Å². The lowest BCUT2D eigenvalue weighted by atomic mass is 9.99. The topological polar surface area (TPSA) is 24.9 Å². The van der Waals surface area contributed by atoms with Crippen LogP contribution >= 0.6 is 15.9 Å². The van der Waals surface area contributed by atoms with E-state index in [4.69, 9.17) is 0 Å². The second-order valence-electron chi connectivity index (χ2n) is 4.74. The molecule has 0 fully saturated rings. The zero-order chi connectivity index (χ0) is 14.4. The zero-order valence-electron chi connectivity index (χ0n) is 11.4. The molecule has 1 aromatic carbocycles. The molecule has 1 aromatic heterocycles. The maximum absolute atomic E-state index is 13.7. The standard InChI is InChI=1S/C16H18BrFN2/c1-2-7-20-16(10-12-5-8-19-9-6-12)13-3-4-14(17)15(18)11-13/h3-6,8-9,11,16,20H,2,7,10H2,1H3. The first-order chi connectivity index (χ1) is 9.70. The highest BCUT2D eigenvalue weighted by molar-refractivity contribution is 9.10. The Balaban J connectivity index is 2.20. The number of halogens is 2. The number of hydrogen-bond donors (Lipinski definition) is 1. The van der Waals surface area contributed by atoms with Gasteiger partial charge in [0.1, 0.15) is 5.82 Å². The van der Waals surface area contributed by atoms with E-state index in [0.29, 0.717) is 4.47 Å². The summed E-state index contributed by atoms with van der Waals surface area (Å²) in [6.07, 6.45) is 5.44. The Morgan fingerprint density at radius 2 is 2.00 bits per heavy atom. The van der Waals surface area contributed by atoms with Crippen molar-refractivity contribution in [3.8, 4) is 0 Å². The van der Waals surface area contributed by atoms with Crippen molar-refractivity contribution < 1.29 is 4.39 Å². The molecule has 0 spiro atoms. The second-order valence-corrected chi connectivity index (χ2v) is 5.59. The molecule has 0 aliphatic carbocycles. The van der Waals surface area contributed by atoms with Gasteiger partial charge in [0.2, 0.25) is 0 Å². The van der Waals surface area contributed by atoms with Crippen LogP contribution in [0, 0.1) is 5.82 Å². The van der Waals surface area contributed by atoms with Crippen LogP contribution in [0.1, 0.15) is 30.5 Å². The summed E-state index contributed by atoms with van der Waals surface area (Å²) >= 11 is 3.19. The molecule has 0 amide bonds. The minimum atomic E-state index is -0.222. The lowest BCUT2D eigenvalue weighted by molar-refractivity contribution is 0.523. The van der Waals surface area contributed by atoms with E-state index in [9.17, 15) is 4.39 Å². The van der Waals surface area contributed by atoms with Gasteiger partial charge in [-0.2, -0.15) is 0 Å². The third-order valence-corrected chi connectivity index (χ3v) is 3.82. The van der Waals surface area contributed by atoms with E-state index in [2.05, 4.69) is 33.2 Å². The van der Waals surface area contributed by atoms with Crippen LogP contribution in [0.5, 0.6) is 0 Å². The quantitative estimate of drug-likeness (QED) is 0.852. The summed E-state index contributed by atoms with van der Waals surface area (Å²) in [4.78, 5) is 4.03. The normalized spacial score (nSPS) is 12.3. The SMILES string of the molecule is CCCNC(Cc1ccncc1)c1ccc(Br)c(F)c1. The van der Waals surface area contributed by atoms with E-state index in [1.165, 1.54) is 5.56 Å². The fraction of sp³-hybridized carbons (Fsp3) is 0.312. The molecule has 1 unspecified atom stereocenters. The second kappa shape index (κ2) is 7.50. The van der Waals surface area contributed by atoms with Gasteiger partial charge in [-0.05, 0) is 70.7 Å². The zero-order valence-corrected chi connectivity index (χ0v) is 13.0. The van der Waals surface area contributed by atoms with Crippen molar-refractivity contribution in [1.82, 2.24) is 10.3 Å². The average molecular weight is 337 g/mol. The monoisotopic (exact) mass is 336 g/mol. The average Bonchev–Trinajstić information content (AvgIpc) is 2.47. The predicted octanol–water partition coefficient (Wildman–Crippen LogP) is 4.27. The predicted molar refractivity (Wildman–Crippen MR) is 83.1 cm³/mol. The van der Waals surface area contributed by atoms with Crippen molar-refractivity contribution in [2.45, 2.75) is 25.8 Å². The van der Waals surface area contributed by atoms with Crippen molar-refractivity contribution in [1.29, 1.82) is 0 Å². The lowest BCUT2D eigenvalue weighted by Gasteiger charge is -2.19. The minimum absolute atomic E-state index is 0.111. The summed E-state index contributed by atoms with van der Waals surface area (Å²) in [5.74, 6) is -0.222. The van der Waals surface area contributed by atoms with E-state index in [1.807, 2.05) is 18.2 Å². The lowest BCUT2D eigenvalue weighted by Crippen LogP contribution is -2.24. The van der Waals surface area contributed by atoms with Gasteiger partial charge < -0.3 is 5.32 Å². The maximum Gasteiger partial charge on any atom is 0.137 e. The van der Waals surface area contributed by atoms with Gasteiger partial charge in [-0.1, -0.05) is 13.0 Å². The van der Waals surface area contributed by atoms with E-state index in [-0.39, 0.29) is 11.9 Å². The minimum Gasteiger partial charge on any atom is -0.310 e. The van der Waals surface area contributed by atoms with Crippen molar-refractivity contribution in [3.05, 3.63) is 64.1 Å². The molecule has 4 heteroatoms. The molecule has 1 N–H and O–H groups in total. The molecule has 0 aliphatic heterocycles. The third kappa shape index (κ3) is 4.12. The van der Waals surface area contributed by atoms with Crippen LogP contribution in [0.2, 0.25) is 0 Å². The molecule has 1 heterocycles. The summed E-state index contributed by atoms with van der Waals surface area (Å²) in [5.41, 5.74) is 2.16. The molecule has 20 heavy (non-hydrogen) atoms. The van der Waals surface area contributed by atoms with Gasteiger partial charge in [0.25, 0.3) is 0 Å². The number of nitrogens with one attached hydrogen (secondary N) is 1. The van der Waals surface area contributed by atoms with Gasteiger partial charge in [-0.25, -0.2) is 4.39 Å². The summed E-state index contributed by atoms with van der Waals surface area (Å²) < 4.78 is 14.2. The molecule has 2 rings (SSSR count). The van der Waals surface area contributed by atoms with Gasteiger partial charge in [-0.3, -0.25) is 4.98 Å². The van der Waals surface area contributed by atoms with Crippen molar-refractivity contribution in [2.75, 3.05) is 6.54 Å². The Morgan fingerprint density at radius 3 is 2.65 bits per heavy atom. The van der Waals surface area contributed by atoms with Gasteiger partial charge in [0, 0.05) is 18.4 Å². The van der Waals surface area contributed by atoms with Crippen LogP contribution in [-0.2, 0) is 6.42 Å². The molecular weight excluding hydrogens is 319 g/mol. The summed E-state index contributed by atoms with van der Waals surface area (Å²) in [7, 11) is 0. The molecule has 0 saturated carbocycles. The van der Waals surface area contributed by atoms with Crippen LogP contribution in [0.15, 0.2) is 47.2 Å². The fourth-order valence-electron chi connectivity index (χ4n) is 2.11. The summed E-state index contributed by atoms with van der Waals surface area (Å²) in [5, 5.41) is 3.48. The molecule has 0 bridgehead atoms. The summed E-state index contributed by atoms with van der Waals surface area (Å²) in [6.45, 7) is 3.03. The third-order valence-electron chi connectivity index (χ3n) is 3.18. The number of nitrogens with zero attached hydrogens (tertiary/aromatic N) is 1. The molecule has 106 valence electrons. The molecule has 2 aromatic rings. The molecule has 2 nitrogen and oxygen atoms in total. The van der Waals surface area contributed by atoms with E-state index in [1.54, 1.807) is 24.5 Å². The maximum atomic E-state index is 13.7. The highest BCUT2D eigenvalue weighted by Gasteiger charge is 2.13. The molecule has 0 aliphatic rings. The number of rotatable bonds is 6. The van der Waals surface area contributed by atoms with Gasteiger partial charge in [0.05, 0.1) is 4.47 Å².